The molecule has 1 N–H and O–H groups in total. The van der Waals surface area contributed by atoms with Gasteiger partial charge in [-0.3, -0.25) is 9.69 Å². The van der Waals surface area contributed by atoms with Gasteiger partial charge in [0.15, 0.2) is 0 Å². The zero-order valence-electron chi connectivity index (χ0n) is 16.8. The fourth-order valence-corrected chi connectivity index (χ4v) is 3.94. The average molecular weight is 416 g/mol. The van der Waals surface area contributed by atoms with Crippen molar-refractivity contribution in [3.63, 3.8) is 0 Å². The number of aromatic amines is 1. The zero-order valence-corrected chi connectivity index (χ0v) is 16.8. The summed E-state index contributed by atoms with van der Waals surface area (Å²) < 4.78 is 15.3. The summed E-state index contributed by atoms with van der Waals surface area (Å²) >= 11 is 0. The first-order valence-corrected chi connectivity index (χ1v) is 10.1. The quantitative estimate of drug-likeness (QED) is 0.541. The van der Waals surface area contributed by atoms with Gasteiger partial charge in [-0.25, -0.2) is 19.3 Å². The maximum atomic E-state index is 13.2. The number of hydrogen-bond donors (Lipinski definition) is 1. The van der Waals surface area contributed by atoms with E-state index in [0.717, 1.165) is 30.0 Å². The molecule has 0 saturated carbocycles. The molecule has 0 amide bonds. The smallest absolute Gasteiger partial charge is 0.255 e. The number of H-pyrrole nitrogens is 1. The van der Waals surface area contributed by atoms with Crippen molar-refractivity contribution in [3.05, 3.63) is 100 Å². The van der Waals surface area contributed by atoms with Crippen LogP contribution in [0.2, 0.25) is 0 Å². The highest BCUT2D eigenvalue weighted by molar-refractivity contribution is 5.52. The molecule has 0 fully saturated rings. The first-order chi connectivity index (χ1) is 15.2. The Bertz CT molecular complexity index is 1250. The predicted molar refractivity (Wildman–Crippen MR) is 114 cm³/mol. The van der Waals surface area contributed by atoms with Crippen LogP contribution in [0, 0.1) is 5.82 Å². The number of benzene rings is 1. The molecule has 1 aliphatic heterocycles. The van der Waals surface area contributed by atoms with E-state index in [1.807, 2.05) is 12.3 Å². The lowest BCUT2D eigenvalue weighted by atomic mass is 10.1. The Labute approximate surface area is 178 Å². The minimum absolute atomic E-state index is 0.116. The fourth-order valence-electron chi connectivity index (χ4n) is 3.94. The lowest BCUT2D eigenvalue weighted by Crippen LogP contribution is -2.36. The van der Waals surface area contributed by atoms with Crippen LogP contribution in [0.25, 0.3) is 11.4 Å². The molecule has 4 aromatic rings. The van der Waals surface area contributed by atoms with Crippen LogP contribution in [0.3, 0.4) is 0 Å². The van der Waals surface area contributed by atoms with Gasteiger partial charge < -0.3 is 9.55 Å². The Morgan fingerprint density at radius 3 is 2.68 bits per heavy atom. The van der Waals surface area contributed by atoms with E-state index in [2.05, 4.69) is 35.5 Å². The minimum atomic E-state index is -0.231. The lowest BCUT2D eigenvalue weighted by molar-refractivity contribution is 0.236. The molecular formula is C23H21FN6O. The van der Waals surface area contributed by atoms with E-state index in [0.29, 0.717) is 36.5 Å². The summed E-state index contributed by atoms with van der Waals surface area (Å²) in [7, 11) is 0. The maximum Gasteiger partial charge on any atom is 0.255 e. The van der Waals surface area contributed by atoms with E-state index in [9.17, 15) is 9.18 Å². The molecule has 0 aliphatic carbocycles. The van der Waals surface area contributed by atoms with E-state index < -0.39 is 0 Å². The van der Waals surface area contributed by atoms with Crippen molar-refractivity contribution in [3.8, 4) is 11.4 Å². The van der Waals surface area contributed by atoms with Gasteiger partial charge in [0.2, 0.25) is 0 Å². The van der Waals surface area contributed by atoms with E-state index in [1.165, 1.54) is 18.5 Å². The van der Waals surface area contributed by atoms with Gasteiger partial charge in [-0.15, -0.1) is 0 Å². The minimum Gasteiger partial charge on any atom is -0.346 e. The maximum absolute atomic E-state index is 13.2. The second-order valence-electron chi connectivity index (χ2n) is 7.68. The highest BCUT2D eigenvalue weighted by atomic mass is 19.1. The number of halogens is 1. The molecule has 156 valence electrons. The van der Waals surface area contributed by atoms with Gasteiger partial charge in [-0.1, -0.05) is 12.1 Å². The van der Waals surface area contributed by atoms with Gasteiger partial charge in [0.05, 0.1) is 16.8 Å². The fraction of sp³-hybridized carbons (Fsp3) is 0.217. The molecule has 1 aromatic carbocycles. The predicted octanol–water partition coefficient (Wildman–Crippen LogP) is 2.77. The first kappa shape index (κ1) is 19.3. The summed E-state index contributed by atoms with van der Waals surface area (Å²) in [6.45, 7) is 2.76. The molecule has 0 unspecified atom stereocenters. The van der Waals surface area contributed by atoms with Crippen LogP contribution < -0.4 is 5.56 Å². The molecule has 0 saturated heterocycles. The van der Waals surface area contributed by atoms with E-state index in [4.69, 9.17) is 0 Å². The standard InChI is InChI=1S/C23H21FN6O/c24-18-5-3-16(4-6-18)12-30-8-1-2-19(30)13-29-9-7-21-20(14-29)23(31)28-22(27-21)17-10-25-15-26-11-17/h1-6,8,10-11,15H,7,9,12-14H2,(H,27,28,31). The lowest BCUT2D eigenvalue weighted by Gasteiger charge is -2.28. The Balaban J connectivity index is 1.32. The van der Waals surface area contributed by atoms with Crippen molar-refractivity contribution in [1.29, 1.82) is 0 Å². The second kappa shape index (κ2) is 8.23. The topological polar surface area (TPSA) is 79.7 Å². The van der Waals surface area contributed by atoms with Crippen LogP contribution in [-0.4, -0.2) is 35.9 Å². The van der Waals surface area contributed by atoms with Crippen molar-refractivity contribution in [2.75, 3.05) is 6.54 Å². The van der Waals surface area contributed by atoms with Crippen LogP contribution in [0.4, 0.5) is 4.39 Å². The average Bonchev–Trinajstić information content (AvgIpc) is 3.22. The van der Waals surface area contributed by atoms with Crippen LogP contribution in [0.15, 0.2) is 66.1 Å². The molecule has 1 aliphatic rings. The molecule has 0 spiro atoms. The van der Waals surface area contributed by atoms with Gasteiger partial charge in [-0.05, 0) is 29.8 Å². The van der Waals surface area contributed by atoms with Gasteiger partial charge in [0, 0.05) is 56.9 Å². The first-order valence-electron chi connectivity index (χ1n) is 10.1. The van der Waals surface area contributed by atoms with Gasteiger partial charge >= 0.3 is 0 Å². The Morgan fingerprint density at radius 1 is 1.06 bits per heavy atom. The van der Waals surface area contributed by atoms with Crippen molar-refractivity contribution >= 4 is 0 Å². The molecule has 4 heterocycles. The highest BCUT2D eigenvalue weighted by Gasteiger charge is 2.22. The van der Waals surface area contributed by atoms with Crippen molar-refractivity contribution < 1.29 is 4.39 Å². The Morgan fingerprint density at radius 2 is 1.87 bits per heavy atom. The monoisotopic (exact) mass is 416 g/mol. The summed E-state index contributed by atoms with van der Waals surface area (Å²) in [6.07, 6.45) is 7.46. The molecule has 0 atom stereocenters. The number of rotatable bonds is 5. The summed E-state index contributed by atoms with van der Waals surface area (Å²) in [5, 5.41) is 0. The third kappa shape index (κ3) is 4.15. The Hall–Kier alpha value is -3.65. The largest absolute Gasteiger partial charge is 0.346 e. The number of nitrogens with zero attached hydrogens (tertiary/aromatic N) is 5. The second-order valence-corrected chi connectivity index (χ2v) is 7.68. The molecule has 8 heteroatoms. The van der Waals surface area contributed by atoms with Crippen molar-refractivity contribution in [2.24, 2.45) is 0 Å². The number of fused-ring (bicyclic) bond motifs is 1. The van der Waals surface area contributed by atoms with Crippen LogP contribution in [0.1, 0.15) is 22.5 Å². The van der Waals surface area contributed by atoms with Gasteiger partial charge in [0.25, 0.3) is 5.56 Å². The highest BCUT2D eigenvalue weighted by Crippen LogP contribution is 2.20. The van der Waals surface area contributed by atoms with Crippen LogP contribution in [-0.2, 0) is 26.1 Å². The molecule has 0 radical (unpaired) electrons. The van der Waals surface area contributed by atoms with Crippen molar-refractivity contribution in [1.82, 2.24) is 29.4 Å². The molecule has 3 aromatic heterocycles. The summed E-state index contributed by atoms with van der Waals surface area (Å²) in [5.41, 5.74) is 4.32. The molecular weight excluding hydrogens is 395 g/mol. The normalized spacial score (nSPS) is 13.8. The number of hydrogen-bond acceptors (Lipinski definition) is 5. The van der Waals surface area contributed by atoms with Gasteiger partial charge in [0.1, 0.15) is 18.0 Å². The van der Waals surface area contributed by atoms with E-state index in [1.54, 1.807) is 24.5 Å². The van der Waals surface area contributed by atoms with Crippen molar-refractivity contribution in [2.45, 2.75) is 26.1 Å². The van der Waals surface area contributed by atoms with E-state index >= 15 is 0 Å². The number of aromatic nitrogens is 5. The van der Waals surface area contributed by atoms with Crippen LogP contribution >= 0.6 is 0 Å². The zero-order chi connectivity index (χ0) is 21.2. The molecule has 0 bridgehead atoms. The molecule has 31 heavy (non-hydrogen) atoms. The van der Waals surface area contributed by atoms with Gasteiger partial charge in [-0.2, -0.15) is 0 Å². The molecule has 7 nitrogen and oxygen atoms in total. The third-order valence-electron chi connectivity index (χ3n) is 5.56. The Kier molecular flexibility index (Phi) is 5.13. The summed E-state index contributed by atoms with van der Waals surface area (Å²) in [5.74, 6) is 0.274. The van der Waals surface area contributed by atoms with E-state index in [-0.39, 0.29) is 11.4 Å². The third-order valence-corrected chi connectivity index (χ3v) is 5.56. The van der Waals surface area contributed by atoms with Crippen LogP contribution in [0.5, 0.6) is 0 Å². The summed E-state index contributed by atoms with van der Waals surface area (Å²) in [6, 6.07) is 10.7. The number of nitrogens with one attached hydrogen (secondary N) is 1. The summed E-state index contributed by atoms with van der Waals surface area (Å²) in [4.78, 5) is 30.5. The SMILES string of the molecule is O=c1[nH]c(-c2cncnc2)nc2c1CN(Cc1cccn1Cc1ccc(F)cc1)CC2. The molecule has 5 rings (SSSR count).